The van der Waals surface area contributed by atoms with Crippen molar-refractivity contribution in [1.29, 1.82) is 0 Å². The van der Waals surface area contributed by atoms with Gasteiger partial charge < -0.3 is 15.0 Å². The zero-order valence-electron chi connectivity index (χ0n) is 13.0. The van der Waals surface area contributed by atoms with E-state index in [-0.39, 0.29) is 17.8 Å². The molecule has 1 heterocycles. The largest absolute Gasteiger partial charge is 0.388 e. The topological polar surface area (TPSA) is 80.0 Å². The molecule has 2 aliphatic carbocycles. The molecule has 0 aliphatic heterocycles. The second kappa shape index (κ2) is 7.00. The average Bonchev–Trinajstić information content (AvgIpc) is 3.29. The Morgan fingerprint density at radius 1 is 1.32 bits per heavy atom. The quantitative estimate of drug-likeness (QED) is 0.783. The van der Waals surface area contributed by atoms with E-state index in [1.165, 1.54) is 31.0 Å². The van der Waals surface area contributed by atoms with Crippen molar-refractivity contribution in [3.8, 4) is 0 Å². The van der Waals surface area contributed by atoms with Crippen molar-refractivity contribution in [2.24, 2.45) is 0 Å². The van der Waals surface area contributed by atoms with E-state index < -0.39 is 0 Å². The highest BCUT2D eigenvalue weighted by atomic mass is 32.2. The summed E-state index contributed by atoms with van der Waals surface area (Å²) in [7, 11) is 0. The van der Waals surface area contributed by atoms with Gasteiger partial charge in [-0.05, 0) is 32.6 Å². The molecule has 1 aromatic rings. The number of carbonyl (C=O) groups is 1. The van der Waals surface area contributed by atoms with Crippen molar-refractivity contribution in [3.05, 3.63) is 5.82 Å². The fraction of sp³-hybridized carbons (Fsp3) is 0.800. The molecule has 0 aromatic carbocycles. The van der Waals surface area contributed by atoms with Gasteiger partial charge in [0.1, 0.15) is 6.61 Å². The highest BCUT2D eigenvalue weighted by molar-refractivity contribution is 8.00. The van der Waals surface area contributed by atoms with Crippen LogP contribution in [0.15, 0.2) is 5.16 Å². The first-order valence-electron chi connectivity index (χ1n) is 8.20. The molecular formula is C15H24N4O2S. The van der Waals surface area contributed by atoms with Gasteiger partial charge in [0.2, 0.25) is 5.91 Å². The monoisotopic (exact) mass is 324 g/mol. The molecule has 0 bridgehead atoms. The Kier molecular flexibility index (Phi) is 5.03. The van der Waals surface area contributed by atoms with E-state index in [0.29, 0.717) is 17.9 Å². The Balaban J connectivity index is 1.60. The molecule has 6 nitrogen and oxygen atoms in total. The minimum atomic E-state index is -0.199. The van der Waals surface area contributed by atoms with Crippen molar-refractivity contribution in [2.75, 3.05) is 0 Å². The van der Waals surface area contributed by atoms with Crippen LogP contribution < -0.4 is 5.32 Å². The predicted octanol–water partition coefficient (Wildman–Crippen LogP) is 2.03. The SMILES string of the molecule is C[C@@H](Sc1nnc(CO)n1C1CC1)C(=O)NC1CCCCC1. The second-order valence-corrected chi connectivity index (χ2v) is 7.57. The van der Waals surface area contributed by atoms with E-state index in [1.807, 2.05) is 11.5 Å². The van der Waals surface area contributed by atoms with Crippen molar-refractivity contribution < 1.29 is 9.90 Å². The first kappa shape index (κ1) is 15.8. The van der Waals surface area contributed by atoms with Crippen LogP contribution in [0.3, 0.4) is 0 Å². The lowest BCUT2D eigenvalue weighted by molar-refractivity contribution is -0.121. The summed E-state index contributed by atoms with van der Waals surface area (Å²) >= 11 is 1.44. The van der Waals surface area contributed by atoms with Gasteiger partial charge >= 0.3 is 0 Å². The van der Waals surface area contributed by atoms with Crippen LogP contribution in [0.2, 0.25) is 0 Å². The van der Waals surface area contributed by atoms with Gasteiger partial charge in [0.25, 0.3) is 0 Å². The molecule has 0 radical (unpaired) electrons. The number of aliphatic hydroxyl groups excluding tert-OH is 1. The molecule has 1 atom stereocenters. The summed E-state index contributed by atoms with van der Waals surface area (Å²) < 4.78 is 2.00. The summed E-state index contributed by atoms with van der Waals surface area (Å²) in [5.74, 6) is 0.678. The standard InChI is InChI=1S/C15H24N4O2S/c1-10(14(21)16-11-5-3-2-4-6-11)22-15-18-17-13(9-20)19(15)12-7-8-12/h10-12,20H,2-9H2,1H3,(H,16,21)/t10-/m1/s1. The number of thioether (sulfide) groups is 1. The molecule has 1 aromatic heterocycles. The van der Waals surface area contributed by atoms with Gasteiger partial charge in [-0.2, -0.15) is 0 Å². The molecule has 1 amide bonds. The number of aromatic nitrogens is 3. The third-order valence-corrected chi connectivity index (χ3v) is 5.45. The van der Waals surface area contributed by atoms with Crippen LogP contribution in [0.1, 0.15) is 63.7 Å². The van der Waals surface area contributed by atoms with Crippen molar-refractivity contribution in [3.63, 3.8) is 0 Å². The van der Waals surface area contributed by atoms with E-state index in [9.17, 15) is 9.90 Å². The Hall–Kier alpha value is -1.08. The Labute approximate surface area is 135 Å². The number of carbonyl (C=O) groups excluding carboxylic acids is 1. The van der Waals surface area contributed by atoms with Crippen LogP contribution in [0.5, 0.6) is 0 Å². The molecule has 2 saturated carbocycles. The normalized spacial score (nSPS) is 20.8. The zero-order valence-corrected chi connectivity index (χ0v) is 13.8. The lowest BCUT2D eigenvalue weighted by atomic mass is 9.95. The maximum Gasteiger partial charge on any atom is 0.233 e. The van der Waals surface area contributed by atoms with Gasteiger partial charge in [-0.3, -0.25) is 4.79 Å². The van der Waals surface area contributed by atoms with E-state index in [2.05, 4.69) is 15.5 Å². The van der Waals surface area contributed by atoms with Crippen LogP contribution in [0, 0.1) is 0 Å². The fourth-order valence-corrected chi connectivity index (χ4v) is 3.92. The minimum Gasteiger partial charge on any atom is -0.388 e. The van der Waals surface area contributed by atoms with E-state index in [0.717, 1.165) is 30.8 Å². The minimum absolute atomic E-state index is 0.0767. The van der Waals surface area contributed by atoms with Crippen LogP contribution in [-0.4, -0.2) is 37.1 Å². The van der Waals surface area contributed by atoms with Gasteiger partial charge in [-0.25, -0.2) is 0 Å². The summed E-state index contributed by atoms with van der Waals surface area (Å²) in [5.41, 5.74) is 0. The maximum atomic E-state index is 12.3. The number of hydrogen-bond acceptors (Lipinski definition) is 5. The summed E-state index contributed by atoms with van der Waals surface area (Å²) in [6.07, 6.45) is 8.09. The molecule has 122 valence electrons. The molecule has 2 aliphatic rings. The van der Waals surface area contributed by atoms with Gasteiger partial charge in [-0.15, -0.1) is 10.2 Å². The van der Waals surface area contributed by atoms with Crippen molar-refractivity contribution in [2.45, 2.75) is 81.0 Å². The molecule has 2 fully saturated rings. The molecule has 0 spiro atoms. The Morgan fingerprint density at radius 2 is 2.05 bits per heavy atom. The lowest BCUT2D eigenvalue weighted by Crippen LogP contribution is -2.40. The van der Waals surface area contributed by atoms with Gasteiger partial charge in [0, 0.05) is 12.1 Å². The molecule has 3 rings (SSSR count). The van der Waals surface area contributed by atoms with E-state index >= 15 is 0 Å². The fourth-order valence-electron chi connectivity index (χ4n) is 2.97. The number of hydrogen-bond donors (Lipinski definition) is 2. The first-order valence-corrected chi connectivity index (χ1v) is 9.08. The van der Waals surface area contributed by atoms with E-state index in [4.69, 9.17) is 0 Å². The summed E-state index contributed by atoms with van der Waals surface area (Å²) in [5, 5.41) is 21.3. The predicted molar refractivity (Wildman–Crippen MR) is 84.6 cm³/mol. The van der Waals surface area contributed by atoms with Crippen molar-refractivity contribution in [1.82, 2.24) is 20.1 Å². The smallest absolute Gasteiger partial charge is 0.233 e. The first-order chi connectivity index (χ1) is 10.7. The molecule has 0 saturated heterocycles. The Morgan fingerprint density at radius 3 is 2.68 bits per heavy atom. The van der Waals surface area contributed by atoms with Crippen molar-refractivity contribution >= 4 is 17.7 Å². The molecule has 22 heavy (non-hydrogen) atoms. The number of aliphatic hydroxyl groups is 1. The molecule has 7 heteroatoms. The highest BCUT2D eigenvalue weighted by Crippen LogP contribution is 2.39. The molecular weight excluding hydrogens is 300 g/mol. The highest BCUT2D eigenvalue weighted by Gasteiger charge is 2.31. The van der Waals surface area contributed by atoms with Crippen LogP contribution >= 0.6 is 11.8 Å². The Bertz CT molecular complexity index is 524. The van der Waals surface area contributed by atoms with Crippen LogP contribution in [0.4, 0.5) is 0 Å². The van der Waals surface area contributed by atoms with Crippen LogP contribution in [-0.2, 0) is 11.4 Å². The summed E-state index contributed by atoms with van der Waals surface area (Å²) in [4.78, 5) is 12.3. The van der Waals surface area contributed by atoms with E-state index in [1.54, 1.807) is 0 Å². The molecule has 0 unspecified atom stereocenters. The number of amides is 1. The van der Waals surface area contributed by atoms with Gasteiger partial charge in [0.15, 0.2) is 11.0 Å². The van der Waals surface area contributed by atoms with Gasteiger partial charge in [-0.1, -0.05) is 31.0 Å². The maximum absolute atomic E-state index is 12.3. The van der Waals surface area contributed by atoms with Crippen LogP contribution in [0.25, 0.3) is 0 Å². The zero-order chi connectivity index (χ0) is 15.5. The third-order valence-electron chi connectivity index (χ3n) is 4.39. The lowest BCUT2D eigenvalue weighted by Gasteiger charge is -2.24. The number of rotatable bonds is 6. The second-order valence-electron chi connectivity index (χ2n) is 6.26. The third kappa shape index (κ3) is 3.63. The molecule has 2 N–H and O–H groups in total. The summed E-state index contributed by atoms with van der Waals surface area (Å²) in [6.45, 7) is 1.81. The number of nitrogens with one attached hydrogen (secondary N) is 1. The number of nitrogens with zero attached hydrogens (tertiary/aromatic N) is 3. The average molecular weight is 324 g/mol. The summed E-state index contributed by atoms with van der Waals surface area (Å²) in [6, 6.07) is 0.729. The van der Waals surface area contributed by atoms with Gasteiger partial charge in [0.05, 0.1) is 5.25 Å².